The third kappa shape index (κ3) is 4.06. The molecule has 1 atom stereocenters. The molecule has 1 unspecified atom stereocenters. The van der Waals surface area contributed by atoms with Gasteiger partial charge in [0, 0.05) is 6.54 Å². The number of hydrogen-bond acceptors (Lipinski definition) is 3. The number of carboxylic acid groups (broad SMARTS) is 1. The van der Waals surface area contributed by atoms with Gasteiger partial charge in [-0.2, -0.15) is 0 Å². The van der Waals surface area contributed by atoms with Gasteiger partial charge < -0.3 is 15.5 Å². The van der Waals surface area contributed by atoms with Gasteiger partial charge in [-0.3, -0.25) is 4.79 Å². The highest BCUT2D eigenvalue weighted by Gasteiger charge is 2.20. The fourth-order valence-electron chi connectivity index (χ4n) is 2.07. The van der Waals surface area contributed by atoms with Crippen molar-refractivity contribution in [2.75, 3.05) is 6.54 Å². The molecule has 0 saturated heterocycles. The summed E-state index contributed by atoms with van der Waals surface area (Å²) in [7, 11) is 0. The van der Waals surface area contributed by atoms with Crippen molar-refractivity contribution in [2.45, 2.75) is 39.7 Å². The lowest BCUT2D eigenvalue weighted by Crippen LogP contribution is -2.28. The van der Waals surface area contributed by atoms with Gasteiger partial charge in [-0.25, -0.2) is 4.79 Å². The molecular formula is C15H21NO4. The number of benzene rings is 1. The number of carbonyl (C=O) groups excluding carboxylic acids is 1. The summed E-state index contributed by atoms with van der Waals surface area (Å²) in [5.74, 6) is -1.48. The van der Waals surface area contributed by atoms with Crippen LogP contribution in [-0.2, 0) is 0 Å². The fourth-order valence-corrected chi connectivity index (χ4v) is 2.07. The Labute approximate surface area is 118 Å². The molecule has 0 fully saturated rings. The molecule has 5 nitrogen and oxygen atoms in total. The van der Waals surface area contributed by atoms with E-state index in [1.54, 1.807) is 32.9 Å². The van der Waals surface area contributed by atoms with Crippen molar-refractivity contribution >= 4 is 11.9 Å². The Morgan fingerprint density at radius 1 is 1.20 bits per heavy atom. The van der Waals surface area contributed by atoms with Crippen LogP contribution >= 0.6 is 0 Å². The first-order valence-electron chi connectivity index (χ1n) is 6.64. The third-order valence-electron chi connectivity index (χ3n) is 3.15. The molecule has 110 valence electrons. The average Bonchev–Trinajstić information content (AvgIpc) is 2.36. The Balaban J connectivity index is 2.87. The van der Waals surface area contributed by atoms with Gasteiger partial charge in [-0.05, 0) is 44.7 Å². The molecule has 0 aliphatic rings. The van der Waals surface area contributed by atoms with Crippen LogP contribution in [0.5, 0.6) is 0 Å². The van der Waals surface area contributed by atoms with Crippen molar-refractivity contribution in [1.82, 2.24) is 5.32 Å². The molecule has 5 heteroatoms. The molecule has 0 bridgehead atoms. The van der Waals surface area contributed by atoms with E-state index in [1.807, 2.05) is 0 Å². The van der Waals surface area contributed by atoms with E-state index in [-0.39, 0.29) is 17.0 Å². The van der Waals surface area contributed by atoms with Crippen LogP contribution < -0.4 is 5.32 Å². The van der Waals surface area contributed by atoms with Crippen molar-refractivity contribution in [3.05, 3.63) is 34.4 Å². The first kappa shape index (κ1) is 16.2. The summed E-state index contributed by atoms with van der Waals surface area (Å²) >= 11 is 0. The van der Waals surface area contributed by atoms with Crippen molar-refractivity contribution in [1.29, 1.82) is 0 Å². The lowest BCUT2D eigenvalue weighted by molar-refractivity contribution is 0.0690. The number of aliphatic hydroxyl groups is 1. The topological polar surface area (TPSA) is 86.6 Å². The molecule has 0 heterocycles. The molecule has 1 amide bonds. The first-order valence-corrected chi connectivity index (χ1v) is 6.64. The lowest BCUT2D eigenvalue weighted by Gasteiger charge is -2.13. The van der Waals surface area contributed by atoms with E-state index in [0.717, 1.165) is 0 Å². The van der Waals surface area contributed by atoms with E-state index in [4.69, 9.17) is 5.11 Å². The minimum Gasteiger partial charge on any atom is -0.478 e. The normalized spacial score (nSPS) is 12.0. The zero-order valence-corrected chi connectivity index (χ0v) is 12.1. The lowest BCUT2D eigenvalue weighted by atomic mass is 9.96. The molecule has 0 saturated carbocycles. The molecular weight excluding hydrogens is 258 g/mol. The Morgan fingerprint density at radius 3 is 2.25 bits per heavy atom. The second-order valence-electron chi connectivity index (χ2n) is 5.00. The van der Waals surface area contributed by atoms with Crippen LogP contribution in [0.2, 0.25) is 0 Å². The molecule has 3 N–H and O–H groups in total. The monoisotopic (exact) mass is 279 g/mol. The summed E-state index contributed by atoms with van der Waals surface area (Å²) in [6, 6.07) is 3.44. The summed E-state index contributed by atoms with van der Waals surface area (Å²) in [6.45, 7) is 5.49. The fraction of sp³-hybridized carbons (Fsp3) is 0.467. The molecule has 20 heavy (non-hydrogen) atoms. The molecule has 1 rings (SSSR count). The van der Waals surface area contributed by atoms with E-state index in [1.165, 1.54) is 0 Å². The standard InChI is InChI=1S/C15H21NO4/c1-9-6-7-10(2)13(15(19)20)12(9)14(18)16-8-4-5-11(3)17/h6-7,11,17H,4-5,8H2,1-3H3,(H,16,18)(H,19,20). The zero-order valence-electron chi connectivity index (χ0n) is 12.1. The summed E-state index contributed by atoms with van der Waals surface area (Å²) in [4.78, 5) is 23.5. The summed E-state index contributed by atoms with van der Waals surface area (Å²) in [6.07, 6.45) is 0.845. The Morgan fingerprint density at radius 2 is 1.75 bits per heavy atom. The molecule has 0 spiro atoms. The molecule has 1 aromatic carbocycles. The number of nitrogens with one attached hydrogen (secondary N) is 1. The number of amides is 1. The minimum atomic E-state index is -1.10. The van der Waals surface area contributed by atoms with E-state index >= 15 is 0 Å². The SMILES string of the molecule is Cc1ccc(C)c(C(=O)NCCCC(C)O)c1C(=O)O. The van der Waals surface area contributed by atoms with Crippen LogP contribution in [0.4, 0.5) is 0 Å². The first-order chi connectivity index (χ1) is 9.34. The van der Waals surface area contributed by atoms with Gasteiger partial charge in [0.05, 0.1) is 17.2 Å². The number of hydrogen-bond donors (Lipinski definition) is 3. The van der Waals surface area contributed by atoms with Crippen molar-refractivity contribution in [3.8, 4) is 0 Å². The minimum absolute atomic E-state index is 0.0537. The van der Waals surface area contributed by atoms with Gasteiger partial charge in [-0.15, -0.1) is 0 Å². The number of aromatic carboxylic acids is 1. The van der Waals surface area contributed by atoms with E-state index in [0.29, 0.717) is 30.5 Å². The molecule has 0 aromatic heterocycles. The predicted octanol–water partition coefficient (Wildman–Crippen LogP) is 1.89. The highest BCUT2D eigenvalue weighted by atomic mass is 16.4. The Hall–Kier alpha value is -1.88. The molecule has 0 aliphatic heterocycles. The quantitative estimate of drug-likeness (QED) is 0.694. The Kier molecular flexibility index (Phi) is 5.70. The van der Waals surface area contributed by atoms with Crippen LogP contribution in [0, 0.1) is 13.8 Å². The highest BCUT2D eigenvalue weighted by molar-refractivity contribution is 6.06. The second-order valence-corrected chi connectivity index (χ2v) is 5.00. The van der Waals surface area contributed by atoms with Gasteiger partial charge in [0.15, 0.2) is 0 Å². The van der Waals surface area contributed by atoms with Gasteiger partial charge in [0.2, 0.25) is 0 Å². The molecule has 0 aliphatic carbocycles. The van der Waals surface area contributed by atoms with Gasteiger partial charge in [-0.1, -0.05) is 12.1 Å². The number of aliphatic hydroxyl groups excluding tert-OH is 1. The zero-order chi connectivity index (χ0) is 15.3. The maximum Gasteiger partial charge on any atom is 0.336 e. The van der Waals surface area contributed by atoms with Gasteiger partial charge in [0.25, 0.3) is 5.91 Å². The molecule has 0 radical (unpaired) electrons. The average molecular weight is 279 g/mol. The second kappa shape index (κ2) is 7.05. The maximum atomic E-state index is 12.2. The number of carbonyl (C=O) groups is 2. The van der Waals surface area contributed by atoms with Crippen molar-refractivity contribution in [3.63, 3.8) is 0 Å². The van der Waals surface area contributed by atoms with Crippen LogP contribution in [0.3, 0.4) is 0 Å². The number of rotatable bonds is 6. The number of aryl methyl sites for hydroxylation is 2. The Bertz CT molecular complexity index is 509. The van der Waals surface area contributed by atoms with E-state index in [2.05, 4.69) is 5.32 Å². The van der Waals surface area contributed by atoms with E-state index < -0.39 is 12.1 Å². The van der Waals surface area contributed by atoms with Gasteiger partial charge >= 0.3 is 5.97 Å². The smallest absolute Gasteiger partial charge is 0.336 e. The highest BCUT2D eigenvalue weighted by Crippen LogP contribution is 2.18. The summed E-state index contributed by atoms with van der Waals surface area (Å²) in [5, 5.41) is 21.1. The van der Waals surface area contributed by atoms with Crippen LogP contribution in [0.25, 0.3) is 0 Å². The maximum absolute atomic E-state index is 12.2. The predicted molar refractivity (Wildman–Crippen MR) is 76.1 cm³/mol. The van der Waals surface area contributed by atoms with Crippen LogP contribution in [0.15, 0.2) is 12.1 Å². The van der Waals surface area contributed by atoms with Crippen molar-refractivity contribution < 1.29 is 19.8 Å². The van der Waals surface area contributed by atoms with Crippen LogP contribution in [-0.4, -0.2) is 34.7 Å². The largest absolute Gasteiger partial charge is 0.478 e. The third-order valence-corrected chi connectivity index (χ3v) is 3.15. The summed E-state index contributed by atoms with van der Waals surface area (Å²) < 4.78 is 0. The summed E-state index contributed by atoms with van der Waals surface area (Å²) in [5.41, 5.74) is 1.48. The van der Waals surface area contributed by atoms with Crippen LogP contribution in [0.1, 0.15) is 51.6 Å². The van der Waals surface area contributed by atoms with E-state index in [9.17, 15) is 14.7 Å². The molecule has 1 aromatic rings. The number of carboxylic acids is 1. The van der Waals surface area contributed by atoms with Gasteiger partial charge in [0.1, 0.15) is 0 Å². The van der Waals surface area contributed by atoms with Crippen molar-refractivity contribution in [2.24, 2.45) is 0 Å².